The Labute approximate surface area is 274 Å². The SMILES string of the molecule is CCC(=O)O.CCCCC(=O)O.CCCOC(=O)/C=C/c1ccc(OC)cc1.COc1ccc(/C=C/C(=O)OCCC(C)C)cc1. The third-order valence-corrected chi connectivity index (χ3v) is 5.49. The third-order valence-electron chi connectivity index (χ3n) is 5.49. The second kappa shape index (κ2) is 29.1. The molecule has 0 aliphatic carbocycles. The average molecular weight is 645 g/mol. The van der Waals surface area contributed by atoms with Gasteiger partial charge in [-0.2, -0.15) is 0 Å². The molecule has 0 spiro atoms. The highest BCUT2D eigenvalue weighted by Gasteiger charge is 1.99. The van der Waals surface area contributed by atoms with Gasteiger partial charge in [0.1, 0.15) is 11.5 Å². The molecule has 0 unspecified atom stereocenters. The number of rotatable bonds is 15. The van der Waals surface area contributed by atoms with E-state index in [2.05, 4.69) is 13.8 Å². The molecule has 2 aromatic rings. The van der Waals surface area contributed by atoms with Gasteiger partial charge in [0.2, 0.25) is 0 Å². The van der Waals surface area contributed by atoms with E-state index in [1.54, 1.807) is 33.3 Å². The van der Waals surface area contributed by atoms with Gasteiger partial charge in [0.25, 0.3) is 0 Å². The van der Waals surface area contributed by atoms with Crippen molar-refractivity contribution in [1.29, 1.82) is 0 Å². The van der Waals surface area contributed by atoms with Crippen LogP contribution in [0.15, 0.2) is 60.7 Å². The monoisotopic (exact) mass is 644 g/mol. The molecule has 0 amide bonds. The van der Waals surface area contributed by atoms with E-state index in [-0.39, 0.29) is 18.4 Å². The van der Waals surface area contributed by atoms with Crippen molar-refractivity contribution < 1.29 is 48.3 Å². The van der Waals surface area contributed by atoms with Gasteiger partial charge in [-0.3, -0.25) is 9.59 Å². The van der Waals surface area contributed by atoms with Crippen molar-refractivity contribution in [3.63, 3.8) is 0 Å². The summed E-state index contributed by atoms with van der Waals surface area (Å²) in [6.45, 7) is 10.7. The second-order valence-corrected chi connectivity index (χ2v) is 9.98. The van der Waals surface area contributed by atoms with Crippen LogP contribution in [0.3, 0.4) is 0 Å². The fourth-order valence-electron chi connectivity index (χ4n) is 2.78. The van der Waals surface area contributed by atoms with Crippen molar-refractivity contribution in [2.24, 2.45) is 5.92 Å². The van der Waals surface area contributed by atoms with Crippen LogP contribution in [-0.2, 0) is 28.7 Å². The lowest BCUT2D eigenvalue weighted by Crippen LogP contribution is -2.04. The molecule has 46 heavy (non-hydrogen) atoms. The van der Waals surface area contributed by atoms with E-state index in [0.717, 1.165) is 48.3 Å². The van der Waals surface area contributed by atoms with Crippen LogP contribution >= 0.6 is 0 Å². The molecule has 0 fully saturated rings. The molecule has 0 bridgehead atoms. The topological polar surface area (TPSA) is 146 Å². The maximum atomic E-state index is 11.4. The molecule has 2 rings (SSSR count). The van der Waals surface area contributed by atoms with Crippen LogP contribution in [0, 0.1) is 5.92 Å². The predicted octanol–water partition coefficient (Wildman–Crippen LogP) is 7.70. The first-order valence-corrected chi connectivity index (χ1v) is 15.3. The summed E-state index contributed by atoms with van der Waals surface area (Å²) in [7, 11) is 3.24. The Morgan fingerprint density at radius 1 is 0.674 bits per heavy atom. The maximum Gasteiger partial charge on any atom is 0.330 e. The maximum absolute atomic E-state index is 11.4. The van der Waals surface area contributed by atoms with E-state index in [1.165, 1.54) is 12.2 Å². The number of unbranched alkanes of at least 4 members (excludes halogenated alkanes) is 1. The van der Waals surface area contributed by atoms with Gasteiger partial charge in [-0.15, -0.1) is 0 Å². The number of carbonyl (C=O) groups is 4. The minimum atomic E-state index is -0.745. The summed E-state index contributed by atoms with van der Waals surface area (Å²) in [6.07, 6.45) is 10.4. The predicted molar refractivity (Wildman–Crippen MR) is 181 cm³/mol. The summed E-state index contributed by atoms with van der Waals surface area (Å²) in [6, 6.07) is 14.9. The first-order valence-electron chi connectivity index (χ1n) is 15.3. The number of aliphatic carboxylic acids is 2. The molecule has 0 saturated carbocycles. The Balaban J connectivity index is 0. The van der Waals surface area contributed by atoms with Gasteiger partial charge >= 0.3 is 23.9 Å². The smallest absolute Gasteiger partial charge is 0.330 e. The van der Waals surface area contributed by atoms with Crippen LogP contribution in [-0.4, -0.2) is 61.5 Å². The van der Waals surface area contributed by atoms with Crippen LogP contribution < -0.4 is 9.47 Å². The van der Waals surface area contributed by atoms with E-state index < -0.39 is 11.9 Å². The molecule has 0 aliphatic heterocycles. The number of hydrogen-bond donors (Lipinski definition) is 2. The van der Waals surface area contributed by atoms with E-state index in [0.29, 0.717) is 25.6 Å². The van der Waals surface area contributed by atoms with E-state index >= 15 is 0 Å². The van der Waals surface area contributed by atoms with Gasteiger partial charge in [0.15, 0.2) is 0 Å². The first kappa shape index (κ1) is 43.5. The van der Waals surface area contributed by atoms with Crippen molar-refractivity contribution in [3.8, 4) is 11.5 Å². The fraction of sp³-hybridized carbons (Fsp3) is 0.444. The summed E-state index contributed by atoms with van der Waals surface area (Å²) in [4.78, 5) is 41.7. The van der Waals surface area contributed by atoms with Crippen LogP contribution in [0.25, 0.3) is 12.2 Å². The highest BCUT2D eigenvalue weighted by molar-refractivity contribution is 5.87. The van der Waals surface area contributed by atoms with Crippen LogP contribution in [0.4, 0.5) is 0 Å². The lowest BCUT2D eigenvalue weighted by atomic mass is 10.1. The van der Waals surface area contributed by atoms with Crippen LogP contribution in [0.2, 0.25) is 0 Å². The number of carbonyl (C=O) groups excluding carboxylic acids is 2. The van der Waals surface area contributed by atoms with Gasteiger partial charge < -0.3 is 29.2 Å². The Morgan fingerprint density at radius 3 is 1.37 bits per heavy atom. The number of carboxylic acid groups (broad SMARTS) is 2. The van der Waals surface area contributed by atoms with Gasteiger partial charge in [0.05, 0.1) is 27.4 Å². The summed E-state index contributed by atoms with van der Waals surface area (Å²) >= 11 is 0. The molecule has 2 N–H and O–H groups in total. The standard InChI is InChI=1S/C15H20O3.C13H16O3.C5H10O2.C3H6O2/c1-12(2)10-11-18-15(16)9-6-13-4-7-14(17-3)8-5-13;1-3-10-16-13(14)9-6-11-4-7-12(15-2)8-5-11;1-2-3-4-5(6)7;1-2-3(4)5/h4-9,12H,10-11H2,1-3H3;4-9H,3,10H2,1-2H3;2-4H2,1H3,(H,6,7);2H2,1H3,(H,4,5)/b2*9-6+;;. The molecule has 0 heterocycles. The lowest BCUT2D eigenvalue weighted by molar-refractivity contribution is -0.138. The minimum Gasteiger partial charge on any atom is -0.497 e. The summed E-state index contributed by atoms with van der Waals surface area (Å²) < 4.78 is 20.1. The number of esters is 2. The zero-order valence-corrected chi connectivity index (χ0v) is 28.3. The zero-order chi connectivity index (χ0) is 35.2. The average Bonchev–Trinajstić information content (AvgIpc) is 3.05. The lowest BCUT2D eigenvalue weighted by Gasteiger charge is -2.04. The number of benzene rings is 2. The molecule has 0 aromatic heterocycles. The van der Waals surface area contributed by atoms with Crippen LogP contribution in [0.1, 0.15) is 84.3 Å². The van der Waals surface area contributed by atoms with Gasteiger partial charge in [0, 0.05) is 25.0 Å². The highest BCUT2D eigenvalue weighted by Crippen LogP contribution is 2.13. The van der Waals surface area contributed by atoms with E-state index in [4.69, 9.17) is 29.2 Å². The molecule has 10 heteroatoms. The van der Waals surface area contributed by atoms with Crippen LogP contribution in [0.5, 0.6) is 11.5 Å². The fourth-order valence-corrected chi connectivity index (χ4v) is 2.78. The summed E-state index contributed by atoms with van der Waals surface area (Å²) in [5.74, 6) is 0.0942. The van der Waals surface area contributed by atoms with E-state index in [9.17, 15) is 19.2 Å². The summed E-state index contributed by atoms with van der Waals surface area (Å²) in [5.41, 5.74) is 1.88. The van der Waals surface area contributed by atoms with Gasteiger partial charge in [-0.1, -0.05) is 65.3 Å². The number of carboxylic acids is 2. The molecular weight excluding hydrogens is 592 g/mol. The Bertz CT molecular complexity index is 1150. The molecule has 0 aliphatic rings. The molecule has 0 saturated heterocycles. The van der Waals surface area contributed by atoms with Crippen molar-refractivity contribution in [1.82, 2.24) is 0 Å². The van der Waals surface area contributed by atoms with Crippen molar-refractivity contribution in [2.75, 3.05) is 27.4 Å². The molecule has 0 atom stereocenters. The highest BCUT2D eigenvalue weighted by atomic mass is 16.5. The number of ether oxygens (including phenoxy) is 4. The van der Waals surface area contributed by atoms with Gasteiger partial charge in [-0.05, 0) is 72.7 Å². The molecule has 0 radical (unpaired) electrons. The Hall–Kier alpha value is -4.60. The Kier molecular flexibility index (Phi) is 27.6. The third kappa shape index (κ3) is 28.2. The normalized spacial score (nSPS) is 10.0. The molecular formula is C36H52O10. The van der Waals surface area contributed by atoms with Crippen molar-refractivity contribution >= 4 is 36.0 Å². The Morgan fingerprint density at radius 2 is 1.09 bits per heavy atom. The van der Waals surface area contributed by atoms with E-state index in [1.807, 2.05) is 62.4 Å². The molecule has 10 nitrogen and oxygen atoms in total. The first-order chi connectivity index (χ1) is 21.9. The number of hydrogen-bond acceptors (Lipinski definition) is 8. The zero-order valence-electron chi connectivity index (χ0n) is 28.3. The quantitative estimate of drug-likeness (QED) is 0.146. The molecule has 256 valence electrons. The minimum absolute atomic E-state index is 0.222. The van der Waals surface area contributed by atoms with Crippen molar-refractivity contribution in [2.45, 2.75) is 73.1 Å². The van der Waals surface area contributed by atoms with Crippen molar-refractivity contribution in [3.05, 3.63) is 71.8 Å². The number of methoxy groups -OCH3 is 2. The van der Waals surface area contributed by atoms with Gasteiger partial charge in [-0.25, -0.2) is 9.59 Å². The summed E-state index contributed by atoms with van der Waals surface area (Å²) in [5, 5.41) is 15.8. The molecule has 2 aromatic carbocycles. The largest absolute Gasteiger partial charge is 0.497 e. The second-order valence-electron chi connectivity index (χ2n) is 9.98.